The molecular formula is C23H18ClF3N4O5. The number of nitrogens with one attached hydrogen (secondary N) is 3. The van der Waals surface area contributed by atoms with Gasteiger partial charge in [-0.25, -0.2) is 4.79 Å². The van der Waals surface area contributed by atoms with Gasteiger partial charge in [0.25, 0.3) is 11.5 Å². The normalized spacial score (nSPS) is 11.9. The summed E-state index contributed by atoms with van der Waals surface area (Å²) in [7, 11) is 0. The summed E-state index contributed by atoms with van der Waals surface area (Å²) in [5, 5.41) is 28.3. The van der Waals surface area contributed by atoms with Crippen molar-refractivity contribution in [1.82, 2.24) is 20.5 Å². The minimum absolute atomic E-state index is 0.0295. The van der Waals surface area contributed by atoms with Crippen molar-refractivity contribution in [1.29, 1.82) is 0 Å². The molecule has 2 aromatic carbocycles. The molecule has 9 nitrogen and oxygen atoms in total. The molecule has 0 radical (unpaired) electrons. The van der Waals surface area contributed by atoms with Crippen molar-refractivity contribution in [3.8, 4) is 11.1 Å². The molecule has 0 aliphatic carbocycles. The van der Waals surface area contributed by atoms with Crippen LogP contribution < -0.4 is 10.9 Å². The molecule has 36 heavy (non-hydrogen) atoms. The minimum Gasteiger partial charge on any atom is -0.475 e. The van der Waals surface area contributed by atoms with Gasteiger partial charge in [-0.05, 0) is 47.0 Å². The first-order valence-corrected chi connectivity index (χ1v) is 10.5. The number of aromatic amines is 2. The zero-order valence-corrected chi connectivity index (χ0v) is 18.9. The second-order valence-electron chi connectivity index (χ2n) is 7.38. The van der Waals surface area contributed by atoms with Gasteiger partial charge in [0, 0.05) is 23.2 Å². The highest BCUT2D eigenvalue weighted by Crippen LogP contribution is 2.23. The molecule has 4 aromatic rings. The van der Waals surface area contributed by atoms with Crippen LogP contribution in [0.25, 0.3) is 22.0 Å². The van der Waals surface area contributed by atoms with E-state index in [-0.39, 0.29) is 12.1 Å². The van der Waals surface area contributed by atoms with E-state index in [1.165, 1.54) is 6.07 Å². The first kappa shape index (κ1) is 26.4. The van der Waals surface area contributed by atoms with E-state index in [0.29, 0.717) is 16.1 Å². The molecule has 4 rings (SSSR count). The lowest BCUT2D eigenvalue weighted by Gasteiger charge is -2.12. The highest BCUT2D eigenvalue weighted by atomic mass is 35.5. The summed E-state index contributed by atoms with van der Waals surface area (Å²) < 4.78 is 31.7. The number of carbonyl (C=O) groups excluding carboxylic acids is 1. The number of aliphatic hydroxyl groups excluding tert-OH is 1. The number of benzene rings is 2. The van der Waals surface area contributed by atoms with Gasteiger partial charge < -0.3 is 20.5 Å². The molecule has 0 saturated carbocycles. The number of nitrogens with zero attached hydrogens (tertiary/aromatic N) is 1. The number of amides is 1. The van der Waals surface area contributed by atoms with Gasteiger partial charge in [0.2, 0.25) is 0 Å². The molecule has 1 unspecified atom stereocenters. The van der Waals surface area contributed by atoms with Crippen LogP contribution >= 0.6 is 11.6 Å². The quantitative estimate of drug-likeness (QED) is 0.270. The van der Waals surface area contributed by atoms with Gasteiger partial charge in [-0.15, -0.1) is 0 Å². The van der Waals surface area contributed by atoms with Crippen molar-refractivity contribution < 1.29 is 33.0 Å². The zero-order chi connectivity index (χ0) is 26.5. The van der Waals surface area contributed by atoms with Gasteiger partial charge in [-0.3, -0.25) is 14.7 Å². The molecule has 2 heterocycles. The molecule has 0 bridgehead atoms. The Morgan fingerprint density at radius 1 is 1.08 bits per heavy atom. The Morgan fingerprint density at radius 3 is 2.39 bits per heavy atom. The molecule has 5 N–H and O–H groups in total. The molecule has 13 heteroatoms. The van der Waals surface area contributed by atoms with E-state index in [9.17, 15) is 27.9 Å². The summed E-state index contributed by atoms with van der Waals surface area (Å²) in [4.78, 5) is 36.2. The number of alkyl halides is 3. The molecule has 0 saturated heterocycles. The van der Waals surface area contributed by atoms with Crippen LogP contribution in [-0.2, 0) is 4.79 Å². The number of H-pyrrole nitrogens is 2. The summed E-state index contributed by atoms with van der Waals surface area (Å²) in [6.45, 7) is -0.0366. The number of carbonyl (C=O) groups is 2. The third-order valence-electron chi connectivity index (χ3n) is 4.87. The molecule has 1 atom stereocenters. The Labute approximate surface area is 205 Å². The third-order valence-corrected chi connectivity index (χ3v) is 5.13. The molecule has 0 fully saturated rings. The predicted octanol–water partition coefficient (Wildman–Crippen LogP) is 3.67. The van der Waals surface area contributed by atoms with Gasteiger partial charge in [0.05, 0.1) is 17.8 Å². The highest BCUT2D eigenvalue weighted by molar-refractivity contribution is 6.30. The molecule has 0 aliphatic heterocycles. The van der Waals surface area contributed by atoms with E-state index in [1.807, 2.05) is 18.2 Å². The first-order valence-electron chi connectivity index (χ1n) is 10.1. The van der Waals surface area contributed by atoms with Gasteiger partial charge in [-0.1, -0.05) is 29.8 Å². The van der Waals surface area contributed by atoms with E-state index in [2.05, 4.69) is 20.5 Å². The number of rotatable bonds is 5. The smallest absolute Gasteiger partial charge is 0.475 e. The van der Waals surface area contributed by atoms with E-state index >= 15 is 0 Å². The van der Waals surface area contributed by atoms with Crippen molar-refractivity contribution in [2.45, 2.75) is 12.3 Å². The van der Waals surface area contributed by atoms with Gasteiger partial charge in [0.1, 0.15) is 5.56 Å². The lowest BCUT2D eigenvalue weighted by Crippen LogP contribution is -2.32. The number of carboxylic acid groups (broad SMARTS) is 1. The van der Waals surface area contributed by atoms with E-state index in [4.69, 9.17) is 21.5 Å². The Kier molecular flexibility index (Phi) is 8.12. The van der Waals surface area contributed by atoms with Crippen LogP contribution in [0.4, 0.5) is 13.2 Å². The topological polar surface area (TPSA) is 148 Å². The number of aromatic nitrogens is 3. The minimum atomic E-state index is -5.08. The standard InChI is InChI=1S/C21H17ClN4O3.C2HF3O2/c22-16-4-1-12(2-5-16)19(27)11-24-21(29)17-8-14(9-23-20(17)28)13-3-6-18-15(7-13)10-25-26-18;3-2(4,5)1(6)7/h1-10,19,27H,11H2,(H,23,28)(H,24,29)(H,25,26);(H,6,7). The van der Waals surface area contributed by atoms with Crippen LogP contribution in [0.2, 0.25) is 5.02 Å². The van der Waals surface area contributed by atoms with E-state index < -0.39 is 29.7 Å². The fourth-order valence-corrected chi connectivity index (χ4v) is 3.15. The van der Waals surface area contributed by atoms with Crippen molar-refractivity contribution in [2.24, 2.45) is 0 Å². The fourth-order valence-electron chi connectivity index (χ4n) is 3.03. The number of hydrogen-bond donors (Lipinski definition) is 5. The number of hydrogen-bond acceptors (Lipinski definition) is 5. The average Bonchev–Trinajstić information content (AvgIpc) is 3.31. The van der Waals surface area contributed by atoms with Crippen molar-refractivity contribution in [3.63, 3.8) is 0 Å². The Morgan fingerprint density at radius 2 is 1.75 bits per heavy atom. The molecule has 0 aliphatic rings. The summed E-state index contributed by atoms with van der Waals surface area (Å²) in [6.07, 6.45) is -2.74. The number of fused-ring (bicyclic) bond motifs is 1. The predicted molar refractivity (Wildman–Crippen MR) is 125 cm³/mol. The summed E-state index contributed by atoms with van der Waals surface area (Å²) >= 11 is 5.84. The van der Waals surface area contributed by atoms with Crippen LogP contribution in [-0.4, -0.2) is 50.0 Å². The van der Waals surface area contributed by atoms with Gasteiger partial charge in [0.15, 0.2) is 0 Å². The van der Waals surface area contributed by atoms with Crippen LogP contribution in [0.5, 0.6) is 0 Å². The maximum absolute atomic E-state index is 12.5. The van der Waals surface area contributed by atoms with E-state index in [0.717, 1.165) is 16.5 Å². The number of pyridine rings is 1. The van der Waals surface area contributed by atoms with Crippen LogP contribution in [0, 0.1) is 0 Å². The van der Waals surface area contributed by atoms with Crippen LogP contribution in [0.1, 0.15) is 22.0 Å². The van der Waals surface area contributed by atoms with Crippen molar-refractivity contribution >= 4 is 34.4 Å². The Hall–Kier alpha value is -4.16. The maximum atomic E-state index is 12.5. The van der Waals surface area contributed by atoms with Gasteiger partial charge >= 0.3 is 12.1 Å². The molecule has 188 valence electrons. The first-order chi connectivity index (χ1) is 17.0. The SMILES string of the molecule is O=C(NCC(O)c1ccc(Cl)cc1)c1cc(-c2ccc3[nH]ncc3c2)c[nH]c1=O.O=C(O)C(F)(F)F. The van der Waals surface area contributed by atoms with E-state index in [1.54, 1.807) is 36.7 Å². The van der Waals surface area contributed by atoms with Crippen LogP contribution in [0.15, 0.2) is 65.7 Å². The van der Waals surface area contributed by atoms with Crippen molar-refractivity contribution in [3.05, 3.63) is 87.4 Å². The molecular weight excluding hydrogens is 505 g/mol. The number of carboxylic acids is 1. The Bertz CT molecular complexity index is 1430. The molecule has 0 spiro atoms. The number of aliphatic carboxylic acids is 1. The van der Waals surface area contributed by atoms with Gasteiger partial charge in [-0.2, -0.15) is 18.3 Å². The number of halogens is 4. The summed E-state index contributed by atoms with van der Waals surface area (Å²) in [5.41, 5.74) is 2.51. The second kappa shape index (κ2) is 11.1. The molecule has 2 aromatic heterocycles. The lowest BCUT2D eigenvalue weighted by molar-refractivity contribution is -0.192. The number of aliphatic hydroxyl groups is 1. The fraction of sp³-hybridized carbons (Fsp3) is 0.130. The third kappa shape index (κ3) is 6.71. The summed E-state index contributed by atoms with van der Waals surface area (Å²) in [5.74, 6) is -3.32. The monoisotopic (exact) mass is 522 g/mol. The van der Waals surface area contributed by atoms with Crippen LogP contribution in [0.3, 0.4) is 0 Å². The zero-order valence-electron chi connectivity index (χ0n) is 18.1. The van der Waals surface area contributed by atoms with Crippen molar-refractivity contribution in [2.75, 3.05) is 6.54 Å². The second-order valence-corrected chi connectivity index (χ2v) is 7.82. The largest absolute Gasteiger partial charge is 0.490 e. The maximum Gasteiger partial charge on any atom is 0.490 e. The lowest BCUT2D eigenvalue weighted by atomic mass is 10.0. The summed E-state index contributed by atoms with van der Waals surface area (Å²) in [6, 6.07) is 13.9. The molecule has 1 amide bonds. The average molecular weight is 523 g/mol. The Balaban J connectivity index is 0.000000454. The highest BCUT2D eigenvalue weighted by Gasteiger charge is 2.38.